The largest absolute Gasteiger partial charge is 0.478 e. The van der Waals surface area contributed by atoms with E-state index in [1.165, 1.54) is 30.5 Å². The van der Waals surface area contributed by atoms with Crippen LogP contribution in [0.25, 0.3) is 11.1 Å². The van der Waals surface area contributed by atoms with E-state index < -0.39 is 21.1 Å². The van der Waals surface area contributed by atoms with Crippen molar-refractivity contribution in [3.05, 3.63) is 72.4 Å². The highest BCUT2D eigenvalue weighted by Crippen LogP contribution is 3.02. The number of ether oxygens (including phenoxy) is 1. The Kier molecular flexibility index (Phi) is 4.15. The molecule has 0 atom stereocenters. The van der Waals surface area contributed by atoms with E-state index in [9.17, 15) is 24.2 Å². The van der Waals surface area contributed by atoms with Crippen LogP contribution in [0.2, 0.25) is 0 Å². The molecule has 0 fully saturated rings. The van der Waals surface area contributed by atoms with Crippen LogP contribution in [-0.2, 0) is 0 Å². The summed E-state index contributed by atoms with van der Waals surface area (Å²) >= 11 is 0. The molecule has 0 aliphatic carbocycles. The molecule has 1 heterocycles. The van der Waals surface area contributed by atoms with Crippen molar-refractivity contribution >= 4 is 16.2 Å². The monoisotopic (exact) mass is 417 g/mol. The summed E-state index contributed by atoms with van der Waals surface area (Å²) in [4.78, 5) is 12.9. The van der Waals surface area contributed by atoms with E-state index in [0.717, 1.165) is 12.1 Å². The minimum absolute atomic E-state index is 0.0191. The maximum atomic E-state index is 12.8. The quantitative estimate of drug-likeness (QED) is 0.459. The molecule has 1 N–H and O–H groups in total. The van der Waals surface area contributed by atoms with Crippen molar-refractivity contribution in [3.63, 3.8) is 0 Å². The van der Waals surface area contributed by atoms with Crippen molar-refractivity contribution in [2.45, 2.75) is 4.90 Å². The summed E-state index contributed by atoms with van der Waals surface area (Å²) in [7, 11) is -9.75. The lowest BCUT2D eigenvalue weighted by Crippen LogP contribution is -2.05. The van der Waals surface area contributed by atoms with Gasteiger partial charge in [-0.15, -0.1) is 0 Å². The molecule has 0 spiro atoms. The van der Waals surface area contributed by atoms with Gasteiger partial charge in [0.1, 0.15) is 10.6 Å². The molecule has 148 valence electrons. The molecule has 0 radical (unpaired) electrons. The molecule has 0 aliphatic rings. The Labute approximate surface area is 155 Å². The molecule has 0 saturated heterocycles. The summed E-state index contributed by atoms with van der Waals surface area (Å²) in [5, 5.41) is 8.94. The molecule has 3 aromatic rings. The minimum Gasteiger partial charge on any atom is -0.478 e. The van der Waals surface area contributed by atoms with Gasteiger partial charge in [0, 0.05) is 11.8 Å². The highest BCUT2D eigenvalue weighted by atomic mass is 32.5. The van der Waals surface area contributed by atoms with Gasteiger partial charge in [0.2, 0.25) is 5.88 Å². The van der Waals surface area contributed by atoms with E-state index >= 15 is 0 Å². The first-order valence-electron chi connectivity index (χ1n) is 7.64. The van der Waals surface area contributed by atoms with Gasteiger partial charge in [-0.2, -0.15) is 0 Å². The average molecular weight is 417 g/mol. The molecule has 4 nitrogen and oxygen atoms in total. The number of aromatic carboxylic acids is 1. The van der Waals surface area contributed by atoms with Gasteiger partial charge in [-0.25, -0.2) is 9.78 Å². The highest BCUT2D eigenvalue weighted by molar-refractivity contribution is 8.45. The number of hydrogen-bond acceptors (Lipinski definition) is 3. The number of benzene rings is 2. The van der Waals surface area contributed by atoms with Crippen LogP contribution in [0.3, 0.4) is 0 Å². The summed E-state index contributed by atoms with van der Waals surface area (Å²) in [5.41, 5.74) is 1.06. The van der Waals surface area contributed by atoms with Gasteiger partial charge >= 0.3 is 16.2 Å². The Morgan fingerprint density at radius 3 is 2.04 bits per heavy atom. The fraction of sp³-hybridized carbons (Fsp3) is 0. The lowest BCUT2D eigenvalue weighted by molar-refractivity contribution is 0.0697. The van der Waals surface area contributed by atoms with Crippen molar-refractivity contribution in [1.82, 2.24) is 4.98 Å². The van der Waals surface area contributed by atoms with E-state index in [1.54, 1.807) is 12.1 Å². The molecule has 0 bridgehead atoms. The first kappa shape index (κ1) is 19.6. The van der Waals surface area contributed by atoms with Gasteiger partial charge in [0.15, 0.2) is 0 Å². The summed E-state index contributed by atoms with van der Waals surface area (Å²) < 4.78 is 69.4. The number of carboxylic acid groups (broad SMARTS) is 1. The van der Waals surface area contributed by atoms with Crippen molar-refractivity contribution in [3.8, 4) is 22.8 Å². The summed E-state index contributed by atoms with van der Waals surface area (Å²) in [6.07, 6.45) is 1.38. The maximum absolute atomic E-state index is 12.8. The smallest absolute Gasteiger partial charge is 0.335 e. The van der Waals surface area contributed by atoms with Crippen molar-refractivity contribution in [2.24, 2.45) is 0 Å². The zero-order valence-corrected chi connectivity index (χ0v) is 14.7. The predicted octanol–water partition coefficient (Wildman–Crippen LogP) is 6.90. The first-order valence-corrected chi connectivity index (χ1v) is 9.59. The first-order chi connectivity index (χ1) is 12.8. The average Bonchev–Trinajstić information content (AvgIpc) is 2.61. The second-order valence-corrected chi connectivity index (χ2v) is 8.19. The number of pyridine rings is 1. The molecule has 0 unspecified atom stereocenters. The third kappa shape index (κ3) is 4.39. The van der Waals surface area contributed by atoms with E-state index in [0.29, 0.717) is 11.1 Å². The zero-order valence-electron chi connectivity index (χ0n) is 13.9. The van der Waals surface area contributed by atoms with Crippen LogP contribution in [-0.4, -0.2) is 16.1 Å². The van der Waals surface area contributed by atoms with Gasteiger partial charge < -0.3 is 9.84 Å². The molecule has 0 amide bonds. The molecule has 2 aromatic carbocycles. The molecule has 0 saturated carbocycles. The van der Waals surface area contributed by atoms with Crippen LogP contribution in [0.4, 0.5) is 19.4 Å². The maximum Gasteiger partial charge on any atom is 0.335 e. The van der Waals surface area contributed by atoms with E-state index in [1.807, 2.05) is 0 Å². The van der Waals surface area contributed by atoms with Crippen LogP contribution in [0, 0.1) is 0 Å². The lowest BCUT2D eigenvalue weighted by Gasteiger charge is -2.40. The number of carboxylic acids is 1. The number of hydrogen-bond donors (Lipinski definition) is 1. The normalized spacial score (nSPS) is 14.0. The zero-order chi connectivity index (χ0) is 20.6. The fourth-order valence-corrected chi connectivity index (χ4v) is 3.01. The molecule has 1 aromatic heterocycles. The second-order valence-electron chi connectivity index (χ2n) is 5.78. The van der Waals surface area contributed by atoms with Crippen LogP contribution in [0.15, 0.2) is 71.8 Å². The van der Waals surface area contributed by atoms with Crippen LogP contribution in [0.1, 0.15) is 10.4 Å². The van der Waals surface area contributed by atoms with Crippen molar-refractivity contribution in [1.29, 1.82) is 0 Å². The summed E-state index contributed by atoms with van der Waals surface area (Å²) in [6, 6.07) is 11.0. The lowest BCUT2D eigenvalue weighted by atomic mass is 10.1. The SMILES string of the molecule is O=C(O)c1ccc(-c2cccnc2Oc2ccc(S(F)(F)(F)(F)F)cc2)cc1. The molecular formula is C18H12F5NO3S. The number of aromatic nitrogens is 1. The Balaban J connectivity index is 1.91. The Morgan fingerprint density at radius 1 is 0.893 bits per heavy atom. The van der Waals surface area contributed by atoms with Gasteiger partial charge in [-0.3, -0.25) is 0 Å². The Bertz CT molecular complexity index is 1040. The third-order valence-electron chi connectivity index (χ3n) is 3.70. The van der Waals surface area contributed by atoms with Gasteiger partial charge in [0.25, 0.3) is 0 Å². The molecule has 0 aliphatic heterocycles. The Morgan fingerprint density at radius 2 is 1.50 bits per heavy atom. The molecule has 10 heteroatoms. The minimum atomic E-state index is -9.75. The van der Waals surface area contributed by atoms with Crippen molar-refractivity contribution < 1.29 is 34.1 Å². The van der Waals surface area contributed by atoms with E-state index in [-0.39, 0.29) is 29.3 Å². The van der Waals surface area contributed by atoms with Gasteiger partial charge in [-0.1, -0.05) is 31.6 Å². The number of halogens is 5. The van der Waals surface area contributed by atoms with E-state index in [4.69, 9.17) is 9.84 Å². The molecule has 28 heavy (non-hydrogen) atoms. The van der Waals surface area contributed by atoms with Crippen LogP contribution < -0.4 is 4.74 Å². The summed E-state index contributed by atoms with van der Waals surface area (Å²) in [6.45, 7) is 0. The standard InChI is InChI=1S/C18H12F5NO3S/c19-28(20,21,22,23)15-9-7-14(8-10-15)27-17-16(2-1-11-24-17)12-3-5-13(6-4-12)18(25)26/h1-11H,(H,25,26). The molecular weight excluding hydrogens is 405 g/mol. The number of rotatable bonds is 5. The van der Waals surface area contributed by atoms with Crippen LogP contribution in [0.5, 0.6) is 11.6 Å². The predicted molar refractivity (Wildman–Crippen MR) is 94.5 cm³/mol. The number of carbonyl (C=O) groups is 1. The van der Waals surface area contributed by atoms with Crippen molar-refractivity contribution in [2.75, 3.05) is 0 Å². The van der Waals surface area contributed by atoms with Crippen LogP contribution >= 0.6 is 10.2 Å². The highest BCUT2D eigenvalue weighted by Gasteiger charge is 2.65. The fourth-order valence-electron chi connectivity index (χ4n) is 2.36. The second kappa shape index (κ2) is 5.93. The topological polar surface area (TPSA) is 59.4 Å². The van der Waals surface area contributed by atoms with E-state index in [2.05, 4.69) is 4.98 Å². The number of nitrogens with zero attached hydrogens (tertiary/aromatic N) is 1. The van der Waals surface area contributed by atoms with Gasteiger partial charge in [-0.05, 0) is 54.1 Å². The third-order valence-corrected chi connectivity index (χ3v) is 4.86. The Hall–Kier alpha value is -3.14. The van der Waals surface area contributed by atoms with Gasteiger partial charge in [0.05, 0.1) is 5.56 Å². The molecule has 3 rings (SSSR count). The summed E-state index contributed by atoms with van der Waals surface area (Å²) in [5.74, 6) is -1.20.